The fraction of sp³-hybridized carbons (Fsp3) is 0.0196. The van der Waals surface area contributed by atoms with E-state index < -0.39 is 0 Å². The van der Waals surface area contributed by atoms with Crippen LogP contribution < -0.4 is 4.90 Å². The molecule has 0 atom stereocenters. The van der Waals surface area contributed by atoms with Crippen molar-refractivity contribution in [1.29, 1.82) is 0 Å². The van der Waals surface area contributed by atoms with Crippen molar-refractivity contribution < 1.29 is 0 Å². The molecule has 0 N–H and O–H groups in total. The molecule has 8 aromatic rings. The molecule has 1 nitrogen and oxygen atoms in total. The predicted octanol–water partition coefficient (Wildman–Crippen LogP) is 14.6. The van der Waals surface area contributed by atoms with Gasteiger partial charge >= 0.3 is 0 Å². The number of nitrogens with zero attached hydrogens (tertiary/aromatic N) is 1. The minimum atomic E-state index is 1.10. The summed E-state index contributed by atoms with van der Waals surface area (Å²) in [4.78, 5) is 2.36. The minimum Gasteiger partial charge on any atom is -0.310 e. The summed E-state index contributed by atoms with van der Waals surface area (Å²) >= 11 is 0. The molecule has 0 unspecified atom stereocenters. The van der Waals surface area contributed by atoms with Gasteiger partial charge in [0.15, 0.2) is 0 Å². The summed E-state index contributed by atoms with van der Waals surface area (Å²) in [7, 11) is 0. The quantitative estimate of drug-likeness (QED) is 0.139. The summed E-state index contributed by atoms with van der Waals surface area (Å²) in [5, 5.41) is 4.92. The average Bonchev–Trinajstić information content (AvgIpc) is 3.22. The average molecular weight is 666 g/mol. The summed E-state index contributed by atoms with van der Waals surface area (Å²) in [6.07, 6.45) is 8.02. The van der Waals surface area contributed by atoms with Crippen molar-refractivity contribution in [2.24, 2.45) is 0 Å². The first-order valence-corrected chi connectivity index (χ1v) is 17.8. The molecule has 0 amide bonds. The van der Waals surface area contributed by atoms with Crippen LogP contribution in [0.1, 0.15) is 12.5 Å². The molecule has 8 aromatic carbocycles. The van der Waals surface area contributed by atoms with E-state index in [9.17, 15) is 0 Å². The maximum Gasteiger partial charge on any atom is 0.0540 e. The van der Waals surface area contributed by atoms with Crippen LogP contribution in [0.4, 0.5) is 17.1 Å². The zero-order chi connectivity index (χ0) is 35.3. The molecule has 0 saturated heterocycles. The molecule has 0 aliphatic rings. The van der Waals surface area contributed by atoms with Gasteiger partial charge in [-0.2, -0.15) is 0 Å². The molecule has 0 spiro atoms. The predicted molar refractivity (Wildman–Crippen MR) is 225 cm³/mol. The molecule has 52 heavy (non-hydrogen) atoms. The van der Waals surface area contributed by atoms with Crippen LogP contribution in [-0.4, -0.2) is 0 Å². The fourth-order valence-corrected chi connectivity index (χ4v) is 7.16. The molecule has 0 radical (unpaired) electrons. The highest BCUT2D eigenvalue weighted by Gasteiger charge is 2.17. The molecular weight excluding hydrogens is 627 g/mol. The number of fused-ring (bicyclic) bond motifs is 2. The van der Waals surface area contributed by atoms with E-state index in [-0.39, 0.29) is 0 Å². The largest absolute Gasteiger partial charge is 0.310 e. The molecule has 8 rings (SSSR count). The Hall–Kier alpha value is -6.70. The van der Waals surface area contributed by atoms with Gasteiger partial charge in [0.2, 0.25) is 0 Å². The zero-order valence-electron chi connectivity index (χ0n) is 29.3. The summed E-state index contributed by atoms with van der Waals surface area (Å²) in [6.45, 7) is 5.91. The second kappa shape index (κ2) is 14.6. The van der Waals surface area contributed by atoms with E-state index in [1.54, 1.807) is 0 Å². The third-order valence-electron chi connectivity index (χ3n) is 9.81. The Morgan fingerprint density at radius 1 is 0.481 bits per heavy atom. The van der Waals surface area contributed by atoms with Crippen LogP contribution in [-0.2, 0) is 0 Å². The number of hydrogen-bond acceptors (Lipinski definition) is 1. The van der Waals surface area contributed by atoms with Crippen LogP contribution in [0, 0.1) is 0 Å². The van der Waals surface area contributed by atoms with Gasteiger partial charge in [0.1, 0.15) is 0 Å². The molecule has 0 fully saturated rings. The van der Waals surface area contributed by atoms with Crippen LogP contribution in [0.15, 0.2) is 213 Å². The van der Waals surface area contributed by atoms with Crippen LogP contribution in [0.25, 0.3) is 60.5 Å². The monoisotopic (exact) mass is 665 g/mol. The van der Waals surface area contributed by atoms with E-state index in [2.05, 4.69) is 213 Å². The van der Waals surface area contributed by atoms with E-state index in [1.807, 2.05) is 12.2 Å². The Kier molecular flexibility index (Phi) is 9.16. The van der Waals surface area contributed by atoms with Gasteiger partial charge in [-0.15, -0.1) is 0 Å². The first-order chi connectivity index (χ1) is 25.7. The van der Waals surface area contributed by atoms with Gasteiger partial charge in [-0.05, 0) is 110 Å². The van der Waals surface area contributed by atoms with E-state index in [4.69, 9.17) is 0 Å². The minimum absolute atomic E-state index is 1.10. The number of allylic oxidation sites excluding steroid dienone is 5. The number of anilines is 3. The molecular formula is C51H39N. The van der Waals surface area contributed by atoms with Crippen LogP contribution in [0.2, 0.25) is 0 Å². The lowest BCUT2D eigenvalue weighted by Crippen LogP contribution is -2.10. The Morgan fingerprint density at radius 2 is 1.12 bits per heavy atom. The van der Waals surface area contributed by atoms with Crippen LogP contribution in [0.5, 0.6) is 0 Å². The summed E-state index contributed by atoms with van der Waals surface area (Å²) in [5.41, 5.74) is 12.9. The lowest BCUT2D eigenvalue weighted by molar-refractivity contribution is 1.29. The Bertz CT molecular complexity index is 2570. The lowest BCUT2D eigenvalue weighted by Gasteiger charge is -2.27. The van der Waals surface area contributed by atoms with Crippen molar-refractivity contribution >= 4 is 44.2 Å². The smallest absolute Gasteiger partial charge is 0.0540 e. The topological polar surface area (TPSA) is 3.24 Å². The molecule has 0 bridgehead atoms. The normalized spacial score (nSPS) is 11.7. The standard InChI is InChI=1S/C51H39N/c1-3-5-14-37(4-2)39-25-30-46(31-26-39)52(51-22-13-20-41-18-11-12-21-49(41)51)47-32-27-40(28-33-47)44-29-34-48(50(36-44)42-16-7-6-8-17-42)45-24-23-38-15-9-10-19-43(38)35-45/h3-36H,1H2,2H3/b14-5-,37-4+. The Labute approximate surface area is 306 Å². The molecule has 0 saturated carbocycles. The highest BCUT2D eigenvalue weighted by Crippen LogP contribution is 2.41. The Balaban J connectivity index is 1.20. The molecule has 248 valence electrons. The highest BCUT2D eigenvalue weighted by atomic mass is 15.1. The van der Waals surface area contributed by atoms with E-state index in [1.165, 1.54) is 60.5 Å². The second-order valence-corrected chi connectivity index (χ2v) is 13.0. The zero-order valence-corrected chi connectivity index (χ0v) is 29.3. The summed E-state index contributed by atoms with van der Waals surface area (Å²) in [6, 6.07) is 65.9. The van der Waals surface area contributed by atoms with Gasteiger partial charge in [-0.1, -0.05) is 170 Å². The molecule has 0 aromatic heterocycles. The van der Waals surface area contributed by atoms with E-state index in [0.717, 1.165) is 22.6 Å². The van der Waals surface area contributed by atoms with Crippen LogP contribution in [0.3, 0.4) is 0 Å². The van der Waals surface area contributed by atoms with Gasteiger partial charge in [0, 0.05) is 16.8 Å². The fourth-order valence-electron chi connectivity index (χ4n) is 7.16. The molecule has 0 heterocycles. The number of hydrogen-bond donors (Lipinski definition) is 0. The van der Waals surface area contributed by atoms with Crippen molar-refractivity contribution in [3.8, 4) is 33.4 Å². The van der Waals surface area contributed by atoms with Crippen molar-refractivity contribution in [1.82, 2.24) is 0 Å². The Morgan fingerprint density at radius 3 is 1.87 bits per heavy atom. The SMILES string of the molecule is C=C/C=C\C(=C/C)c1ccc(N(c2ccc(-c3ccc(-c4ccc5ccccc5c4)c(-c4ccccc4)c3)cc2)c2cccc3ccccc23)cc1. The maximum absolute atomic E-state index is 3.84. The van der Waals surface area contributed by atoms with Gasteiger partial charge in [-0.25, -0.2) is 0 Å². The molecule has 0 aliphatic carbocycles. The first-order valence-electron chi connectivity index (χ1n) is 17.8. The second-order valence-electron chi connectivity index (χ2n) is 13.0. The summed E-state index contributed by atoms with van der Waals surface area (Å²) < 4.78 is 0. The van der Waals surface area contributed by atoms with Crippen molar-refractivity contribution in [2.75, 3.05) is 4.90 Å². The van der Waals surface area contributed by atoms with Gasteiger partial charge in [-0.3, -0.25) is 0 Å². The van der Waals surface area contributed by atoms with E-state index >= 15 is 0 Å². The highest BCUT2D eigenvalue weighted by molar-refractivity contribution is 5.99. The van der Waals surface area contributed by atoms with E-state index in [0.29, 0.717) is 0 Å². The van der Waals surface area contributed by atoms with Crippen molar-refractivity contribution in [3.05, 3.63) is 218 Å². The van der Waals surface area contributed by atoms with Gasteiger partial charge in [0.05, 0.1) is 5.69 Å². The van der Waals surface area contributed by atoms with Crippen LogP contribution >= 0.6 is 0 Å². The number of rotatable bonds is 9. The third kappa shape index (κ3) is 6.49. The summed E-state index contributed by atoms with van der Waals surface area (Å²) in [5.74, 6) is 0. The van der Waals surface area contributed by atoms with Gasteiger partial charge in [0.25, 0.3) is 0 Å². The third-order valence-corrected chi connectivity index (χ3v) is 9.81. The van der Waals surface area contributed by atoms with Crippen molar-refractivity contribution in [3.63, 3.8) is 0 Å². The molecule has 1 heteroatoms. The molecule has 0 aliphatic heterocycles. The van der Waals surface area contributed by atoms with Gasteiger partial charge < -0.3 is 4.90 Å². The maximum atomic E-state index is 3.84. The van der Waals surface area contributed by atoms with Crippen molar-refractivity contribution in [2.45, 2.75) is 6.92 Å². The lowest BCUT2D eigenvalue weighted by atomic mass is 9.90. The number of benzene rings is 8. The first kappa shape index (κ1) is 32.5.